The zero-order valence-electron chi connectivity index (χ0n) is 13.3. The number of fused-ring (bicyclic) bond motifs is 1. The van der Waals surface area contributed by atoms with Crippen molar-refractivity contribution in [3.63, 3.8) is 0 Å². The zero-order chi connectivity index (χ0) is 16.3. The van der Waals surface area contributed by atoms with Crippen LogP contribution in [0, 0.1) is 0 Å². The van der Waals surface area contributed by atoms with Gasteiger partial charge in [0.15, 0.2) is 0 Å². The molecule has 4 N–H and O–H groups in total. The van der Waals surface area contributed by atoms with E-state index < -0.39 is 6.03 Å². The second-order valence-electron chi connectivity index (χ2n) is 6.73. The highest BCUT2D eigenvalue weighted by molar-refractivity contribution is 5.96. The van der Waals surface area contributed by atoms with Gasteiger partial charge in [-0.15, -0.1) is 0 Å². The first-order valence-electron chi connectivity index (χ1n) is 7.45. The molecule has 1 atom stereocenters. The Kier molecular flexibility index (Phi) is 4.71. The summed E-state index contributed by atoms with van der Waals surface area (Å²) in [5.41, 5.74) is 7.81. The van der Waals surface area contributed by atoms with Crippen LogP contribution in [0.15, 0.2) is 24.3 Å². The number of para-hydroxylation sites is 1. The highest BCUT2D eigenvalue weighted by Gasteiger charge is 2.24. The van der Waals surface area contributed by atoms with Crippen LogP contribution in [0.5, 0.6) is 0 Å². The SMILES string of the molecule is CC(C)(C)NC(=O)NC(=O)CN1CC(N)Cc2ccccc21. The van der Waals surface area contributed by atoms with Gasteiger partial charge in [0, 0.05) is 23.8 Å². The van der Waals surface area contributed by atoms with Gasteiger partial charge >= 0.3 is 6.03 Å². The number of rotatable bonds is 2. The number of amides is 3. The minimum Gasteiger partial charge on any atom is -0.360 e. The summed E-state index contributed by atoms with van der Waals surface area (Å²) in [5, 5.41) is 5.06. The van der Waals surface area contributed by atoms with Gasteiger partial charge in [-0.05, 0) is 38.8 Å². The second kappa shape index (κ2) is 6.36. The van der Waals surface area contributed by atoms with Crippen molar-refractivity contribution in [1.82, 2.24) is 10.6 Å². The number of benzene rings is 1. The van der Waals surface area contributed by atoms with Crippen molar-refractivity contribution in [2.24, 2.45) is 5.73 Å². The Morgan fingerprint density at radius 3 is 2.68 bits per heavy atom. The number of carbonyl (C=O) groups is 2. The van der Waals surface area contributed by atoms with Crippen LogP contribution in [-0.4, -0.2) is 36.6 Å². The molecule has 0 saturated carbocycles. The van der Waals surface area contributed by atoms with Gasteiger partial charge < -0.3 is 16.0 Å². The van der Waals surface area contributed by atoms with E-state index >= 15 is 0 Å². The predicted molar refractivity (Wildman–Crippen MR) is 86.8 cm³/mol. The Morgan fingerprint density at radius 2 is 2.00 bits per heavy atom. The van der Waals surface area contributed by atoms with Crippen LogP contribution < -0.4 is 21.3 Å². The van der Waals surface area contributed by atoms with Gasteiger partial charge in [0.25, 0.3) is 0 Å². The molecule has 6 heteroatoms. The molecule has 6 nitrogen and oxygen atoms in total. The van der Waals surface area contributed by atoms with Crippen LogP contribution in [0.2, 0.25) is 0 Å². The Labute approximate surface area is 131 Å². The number of nitrogens with two attached hydrogens (primary N) is 1. The van der Waals surface area contributed by atoms with E-state index in [2.05, 4.69) is 10.6 Å². The van der Waals surface area contributed by atoms with Gasteiger partial charge in [0.05, 0.1) is 6.54 Å². The fraction of sp³-hybridized carbons (Fsp3) is 0.500. The number of hydrogen-bond donors (Lipinski definition) is 3. The standard InChI is InChI=1S/C16H24N4O2/c1-16(2,3)19-15(22)18-14(21)10-20-9-12(17)8-11-6-4-5-7-13(11)20/h4-7,12H,8-10,17H2,1-3H3,(H2,18,19,21,22). The topological polar surface area (TPSA) is 87.5 Å². The Bertz CT molecular complexity index is 566. The molecule has 1 aromatic carbocycles. The van der Waals surface area contributed by atoms with Gasteiger partial charge in [-0.1, -0.05) is 18.2 Å². The number of nitrogens with one attached hydrogen (secondary N) is 2. The first-order chi connectivity index (χ1) is 10.2. The van der Waals surface area contributed by atoms with Crippen molar-refractivity contribution in [1.29, 1.82) is 0 Å². The third kappa shape index (κ3) is 4.46. The molecule has 3 amide bonds. The van der Waals surface area contributed by atoms with Gasteiger partial charge in [-0.25, -0.2) is 4.79 Å². The molecule has 2 rings (SSSR count). The summed E-state index contributed by atoms with van der Waals surface area (Å²) < 4.78 is 0. The number of carbonyl (C=O) groups excluding carboxylic acids is 2. The van der Waals surface area contributed by atoms with Crippen molar-refractivity contribution in [2.75, 3.05) is 18.0 Å². The molecule has 0 radical (unpaired) electrons. The summed E-state index contributed by atoms with van der Waals surface area (Å²) in [7, 11) is 0. The van der Waals surface area contributed by atoms with E-state index in [1.54, 1.807) is 0 Å². The van der Waals surface area contributed by atoms with Crippen molar-refractivity contribution in [2.45, 2.75) is 38.8 Å². The Balaban J connectivity index is 1.99. The summed E-state index contributed by atoms with van der Waals surface area (Å²) in [6.07, 6.45) is 0.804. The molecule has 1 unspecified atom stereocenters. The molecule has 1 aliphatic rings. The maximum atomic E-state index is 12.1. The molecular weight excluding hydrogens is 280 g/mol. The average Bonchev–Trinajstić information content (AvgIpc) is 2.35. The van der Waals surface area contributed by atoms with Crippen LogP contribution in [0.4, 0.5) is 10.5 Å². The van der Waals surface area contributed by atoms with E-state index in [9.17, 15) is 9.59 Å². The molecule has 0 spiro atoms. The van der Waals surface area contributed by atoms with Gasteiger partial charge in [-0.3, -0.25) is 10.1 Å². The summed E-state index contributed by atoms with van der Waals surface area (Å²) >= 11 is 0. The lowest BCUT2D eigenvalue weighted by Gasteiger charge is -2.34. The summed E-state index contributed by atoms with van der Waals surface area (Å²) in [6, 6.07) is 7.41. The van der Waals surface area contributed by atoms with Crippen molar-refractivity contribution in [3.05, 3.63) is 29.8 Å². The summed E-state index contributed by atoms with van der Waals surface area (Å²) in [4.78, 5) is 25.7. The third-order valence-corrected chi connectivity index (χ3v) is 3.35. The van der Waals surface area contributed by atoms with Gasteiger partial charge in [0.1, 0.15) is 0 Å². The number of hydrogen-bond acceptors (Lipinski definition) is 4. The number of anilines is 1. The fourth-order valence-electron chi connectivity index (χ4n) is 2.58. The highest BCUT2D eigenvalue weighted by atomic mass is 16.2. The smallest absolute Gasteiger partial charge is 0.321 e. The van der Waals surface area contributed by atoms with Crippen LogP contribution >= 0.6 is 0 Å². The monoisotopic (exact) mass is 304 g/mol. The lowest BCUT2D eigenvalue weighted by Crippen LogP contribution is -2.52. The minimum atomic E-state index is -0.480. The molecule has 1 heterocycles. The maximum absolute atomic E-state index is 12.1. The number of imide groups is 1. The maximum Gasteiger partial charge on any atom is 0.321 e. The summed E-state index contributed by atoms with van der Waals surface area (Å²) in [5.74, 6) is -0.342. The highest BCUT2D eigenvalue weighted by Crippen LogP contribution is 2.25. The molecule has 0 aromatic heterocycles. The molecule has 120 valence electrons. The molecular formula is C16H24N4O2. The number of urea groups is 1. The molecule has 22 heavy (non-hydrogen) atoms. The van der Waals surface area contributed by atoms with E-state index in [4.69, 9.17) is 5.73 Å². The quantitative estimate of drug-likeness (QED) is 0.760. The fourth-order valence-corrected chi connectivity index (χ4v) is 2.58. The molecule has 0 bridgehead atoms. The van der Waals surface area contributed by atoms with Gasteiger partial charge in [-0.2, -0.15) is 0 Å². The molecule has 0 aliphatic carbocycles. The molecule has 1 aliphatic heterocycles. The minimum absolute atomic E-state index is 0.00824. The molecule has 1 aromatic rings. The van der Waals surface area contributed by atoms with E-state index in [1.165, 1.54) is 0 Å². The average molecular weight is 304 g/mol. The van der Waals surface area contributed by atoms with E-state index in [-0.39, 0.29) is 24.0 Å². The zero-order valence-corrected chi connectivity index (χ0v) is 13.3. The van der Waals surface area contributed by atoms with Crippen molar-refractivity contribution >= 4 is 17.6 Å². The van der Waals surface area contributed by atoms with E-state index in [1.807, 2.05) is 49.9 Å². The summed E-state index contributed by atoms with van der Waals surface area (Å²) in [6.45, 7) is 6.29. The first-order valence-corrected chi connectivity index (χ1v) is 7.45. The van der Waals surface area contributed by atoms with Crippen LogP contribution in [-0.2, 0) is 11.2 Å². The Morgan fingerprint density at radius 1 is 1.32 bits per heavy atom. The van der Waals surface area contributed by atoms with Crippen LogP contribution in [0.1, 0.15) is 26.3 Å². The van der Waals surface area contributed by atoms with Crippen LogP contribution in [0.3, 0.4) is 0 Å². The lowest BCUT2D eigenvalue weighted by molar-refractivity contribution is -0.118. The third-order valence-electron chi connectivity index (χ3n) is 3.35. The largest absolute Gasteiger partial charge is 0.360 e. The van der Waals surface area contributed by atoms with E-state index in [0.717, 1.165) is 17.7 Å². The molecule has 0 saturated heterocycles. The van der Waals surface area contributed by atoms with E-state index in [0.29, 0.717) is 6.54 Å². The van der Waals surface area contributed by atoms with Crippen LogP contribution in [0.25, 0.3) is 0 Å². The molecule has 0 fully saturated rings. The van der Waals surface area contributed by atoms with Crippen molar-refractivity contribution in [3.8, 4) is 0 Å². The predicted octanol–water partition coefficient (Wildman–Crippen LogP) is 1.00. The first kappa shape index (κ1) is 16.3. The Hall–Kier alpha value is -2.08. The lowest BCUT2D eigenvalue weighted by atomic mass is 9.98. The van der Waals surface area contributed by atoms with Gasteiger partial charge in [0.2, 0.25) is 5.91 Å². The number of nitrogens with zero attached hydrogens (tertiary/aromatic N) is 1. The second-order valence-corrected chi connectivity index (χ2v) is 6.73. The van der Waals surface area contributed by atoms with Crippen molar-refractivity contribution < 1.29 is 9.59 Å². The normalized spacial score (nSPS) is 17.6.